The summed E-state index contributed by atoms with van der Waals surface area (Å²) in [5.41, 5.74) is 1.43. The van der Waals surface area contributed by atoms with Crippen LogP contribution in [0, 0.1) is 0 Å². The van der Waals surface area contributed by atoms with E-state index in [1.807, 2.05) is 7.05 Å². The van der Waals surface area contributed by atoms with Crippen LogP contribution in [0.1, 0.15) is 0 Å². The van der Waals surface area contributed by atoms with E-state index in [1.165, 1.54) is 0 Å². The van der Waals surface area contributed by atoms with Crippen LogP contribution >= 0.6 is 23.2 Å². The standard InChI is InChI=1S/C16H14Cl2N6O2/c1-22-8-13(7-19-22)24-3-2-23(9-14(24)25)16-20-15(21-26-16)10-4-11(17)6-12(18)5-10/h4-8H,2-3,9H2,1H3. The number of hydrogen-bond donors (Lipinski definition) is 0. The quantitative estimate of drug-likeness (QED) is 0.681. The highest BCUT2D eigenvalue weighted by Crippen LogP contribution is 2.27. The zero-order chi connectivity index (χ0) is 18.3. The molecular weight excluding hydrogens is 379 g/mol. The lowest BCUT2D eigenvalue weighted by Gasteiger charge is -2.32. The van der Waals surface area contributed by atoms with Gasteiger partial charge in [-0.3, -0.25) is 9.48 Å². The van der Waals surface area contributed by atoms with Crippen molar-refractivity contribution in [3.05, 3.63) is 40.6 Å². The molecule has 0 atom stereocenters. The van der Waals surface area contributed by atoms with Gasteiger partial charge >= 0.3 is 6.01 Å². The third-order valence-electron chi connectivity index (χ3n) is 4.03. The number of carbonyl (C=O) groups excluding carboxylic acids is 1. The third kappa shape index (κ3) is 3.25. The number of anilines is 2. The molecule has 0 radical (unpaired) electrons. The molecule has 0 saturated carbocycles. The zero-order valence-electron chi connectivity index (χ0n) is 13.8. The molecule has 8 nitrogen and oxygen atoms in total. The highest BCUT2D eigenvalue weighted by Gasteiger charge is 2.29. The SMILES string of the molecule is Cn1cc(N2CCN(c3nc(-c4cc(Cl)cc(Cl)c4)no3)CC2=O)cn1. The van der Waals surface area contributed by atoms with Gasteiger partial charge in [0.1, 0.15) is 6.54 Å². The lowest BCUT2D eigenvalue weighted by molar-refractivity contribution is -0.118. The van der Waals surface area contributed by atoms with Crippen molar-refractivity contribution in [2.45, 2.75) is 0 Å². The van der Waals surface area contributed by atoms with Crippen LogP contribution in [0.3, 0.4) is 0 Å². The van der Waals surface area contributed by atoms with Crippen molar-refractivity contribution in [3.63, 3.8) is 0 Å². The molecule has 134 valence electrons. The number of aryl methyl sites for hydroxylation is 1. The van der Waals surface area contributed by atoms with E-state index in [4.69, 9.17) is 27.7 Å². The van der Waals surface area contributed by atoms with Gasteiger partial charge in [0.15, 0.2) is 0 Å². The van der Waals surface area contributed by atoms with Crippen molar-refractivity contribution in [2.24, 2.45) is 7.05 Å². The normalized spacial score (nSPS) is 15.0. The Morgan fingerprint density at radius 1 is 1.15 bits per heavy atom. The molecule has 0 aliphatic carbocycles. The van der Waals surface area contributed by atoms with Crippen molar-refractivity contribution in [1.82, 2.24) is 19.9 Å². The van der Waals surface area contributed by atoms with Crippen LogP contribution in [0.4, 0.5) is 11.7 Å². The molecule has 0 N–H and O–H groups in total. The van der Waals surface area contributed by atoms with Crippen LogP contribution < -0.4 is 9.80 Å². The molecule has 0 bridgehead atoms. The summed E-state index contributed by atoms with van der Waals surface area (Å²) in [4.78, 5) is 20.3. The van der Waals surface area contributed by atoms with Gasteiger partial charge in [-0.05, 0) is 18.2 Å². The first-order valence-corrected chi connectivity index (χ1v) is 8.59. The van der Waals surface area contributed by atoms with E-state index < -0.39 is 0 Å². The highest BCUT2D eigenvalue weighted by molar-refractivity contribution is 6.35. The van der Waals surface area contributed by atoms with Crippen LogP contribution in [0.15, 0.2) is 35.1 Å². The number of amides is 1. The topological polar surface area (TPSA) is 80.3 Å². The van der Waals surface area contributed by atoms with Gasteiger partial charge in [-0.15, -0.1) is 0 Å². The molecular formula is C16H14Cl2N6O2. The Morgan fingerprint density at radius 2 is 1.92 bits per heavy atom. The molecule has 26 heavy (non-hydrogen) atoms. The van der Waals surface area contributed by atoms with Crippen molar-refractivity contribution in [1.29, 1.82) is 0 Å². The minimum atomic E-state index is -0.0604. The minimum Gasteiger partial charge on any atom is -0.315 e. The fraction of sp³-hybridized carbons (Fsp3) is 0.250. The Morgan fingerprint density at radius 3 is 2.58 bits per heavy atom. The summed E-state index contributed by atoms with van der Waals surface area (Å²) in [6.45, 7) is 1.22. The second kappa shape index (κ2) is 6.62. The van der Waals surface area contributed by atoms with Crippen LogP contribution in [-0.4, -0.2) is 45.5 Å². The molecule has 4 rings (SSSR count). The van der Waals surface area contributed by atoms with Crippen molar-refractivity contribution >= 4 is 40.8 Å². The largest absolute Gasteiger partial charge is 0.324 e. The Labute approximate surface area is 158 Å². The monoisotopic (exact) mass is 392 g/mol. The van der Waals surface area contributed by atoms with Gasteiger partial charge < -0.3 is 14.3 Å². The Kier molecular flexibility index (Phi) is 4.29. The number of hydrogen-bond acceptors (Lipinski definition) is 6. The maximum absolute atomic E-state index is 12.5. The van der Waals surface area contributed by atoms with E-state index in [9.17, 15) is 4.79 Å². The molecule has 1 aliphatic heterocycles. The van der Waals surface area contributed by atoms with E-state index in [2.05, 4.69) is 15.2 Å². The smallest absolute Gasteiger partial charge is 0.315 e. The second-order valence-electron chi connectivity index (χ2n) is 5.90. The first kappa shape index (κ1) is 16.9. The molecule has 1 aromatic carbocycles. The number of aromatic nitrogens is 4. The molecule has 1 amide bonds. The van der Waals surface area contributed by atoms with Gasteiger partial charge in [-0.25, -0.2) is 0 Å². The van der Waals surface area contributed by atoms with E-state index >= 15 is 0 Å². The fourth-order valence-corrected chi connectivity index (χ4v) is 3.33. The summed E-state index contributed by atoms with van der Waals surface area (Å²) in [6, 6.07) is 5.32. The molecule has 2 aromatic heterocycles. The minimum absolute atomic E-state index is 0.0604. The second-order valence-corrected chi connectivity index (χ2v) is 6.77. The average molecular weight is 393 g/mol. The third-order valence-corrected chi connectivity index (χ3v) is 4.47. The van der Waals surface area contributed by atoms with Gasteiger partial charge in [-0.2, -0.15) is 10.1 Å². The first-order valence-electron chi connectivity index (χ1n) is 7.84. The summed E-state index contributed by atoms with van der Waals surface area (Å²) in [5, 5.41) is 9.04. The Balaban J connectivity index is 1.51. The van der Waals surface area contributed by atoms with E-state index in [0.29, 0.717) is 34.5 Å². The van der Waals surface area contributed by atoms with Gasteiger partial charge in [0.05, 0.1) is 11.9 Å². The molecule has 1 aliphatic rings. The van der Waals surface area contributed by atoms with E-state index in [1.54, 1.807) is 45.1 Å². The summed E-state index contributed by atoms with van der Waals surface area (Å²) < 4.78 is 6.99. The van der Waals surface area contributed by atoms with Crippen LogP contribution in [-0.2, 0) is 11.8 Å². The van der Waals surface area contributed by atoms with Crippen molar-refractivity contribution in [2.75, 3.05) is 29.4 Å². The number of benzene rings is 1. The summed E-state index contributed by atoms with van der Waals surface area (Å²) in [7, 11) is 1.81. The molecule has 3 heterocycles. The summed E-state index contributed by atoms with van der Waals surface area (Å²) >= 11 is 12.0. The molecule has 10 heteroatoms. The van der Waals surface area contributed by atoms with Gasteiger partial charge in [0, 0.05) is 41.9 Å². The Bertz CT molecular complexity index is 949. The molecule has 0 unspecified atom stereocenters. The van der Waals surface area contributed by atoms with Gasteiger partial charge in [0.2, 0.25) is 11.7 Å². The maximum atomic E-state index is 12.5. The number of piperazine rings is 1. The predicted octanol–water partition coefficient (Wildman–Crippen LogP) is 2.63. The molecule has 1 saturated heterocycles. The lowest BCUT2D eigenvalue weighted by atomic mass is 10.2. The molecule has 0 spiro atoms. The number of carbonyl (C=O) groups is 1. The zero-order valence-corrected chi connectivity index (χ0v) is 15.3. The lowest BCUT2D eigenvalue weighted by Crippen LogP contribution is -2.50. The number of halogens is 2. The van der Waals surface area contributed by atoms with Crippen LogP contribution in [0.2, 0.25) is 10.0 Å². The number of nitrogens with zero attached hydrogens (tertiary/aromatic N) is 6. The van der Waals surface area contributed by atoms with Crippen LogP contribution in [0.25, 0.3) is 11.4 Å². The van der Waals surface area contributed by atoms with Gasteiger partial charge in [0.25, 0.3) is 0 Å². The fourth-order valence-electron chi connectivity index (χ4n) is 2.80. The number of rotatable bonds is 3. The molecule has 1 fully saturated rings. The summed E-state index contributed by atoms with van der Waals surface area (Å²) in [6.07, 6.45) is 3.47. The van der Waals surface area contributed by atoms with E-state index in [0.717, 1.165) is 5.69 Å². The maximum Gasteiger partial charge on any atom is 0.324 e. The van der Waals surface area contributed by atoms with Crippen LogP contribution in [0.5, 0.6) is 0 Å². The average Bonchev–Trinajstić information content (AvgIpc) is 3.23. The predicted molar refractivity (Wildman–Crippen MR) is 97.5 cm³/mol. The van der Waals surface area contributed by atoms with Crippen molar-refractivity contribution < 1.29 is 9.32 Å². The van der Waals surface area contributed by atoms with Crippen molar-refractivity contribution in [3.8, 4) is 11.4 Å². The highest BCUT2D eigenvalue weighted by atomic mass is 35.5. The molecule has 3 aromatic rings. The summed E-state index contributed by atoms with van der Waals surface area (Å²) in [5.74, 6) is 0.307. The Hall–Kier alpha value is -2.58. The van der Waals surface area contributed by atoms with E-state index in [-0.39, 0.29) is 18.5 Å². The first-order chi connectivity index (χ1) is 12.5. The van der Waals surface area contributed by atoms with Gasteiger partial charge in [-0.1, -0.05) is 28.4 Å².